The van der Waals surface area contributed by atoms with E-state index in [1.807, 2.05) is 6.92 Å². The molecule has 1 rings (SSSR count). The van der Waals surface area contributed by atoms with E-state index in [2.05, 4.69) is 25.8 Å². The molecule has 0 bridgehead atoms. The fraction of sp³-hybridized carbons (Fsp3) is 0.700. The summed E-state index contributed by atoms with van der Waals surface area (Å²) >= 11 is 3.33. The molecular weight excluding hydrogens is 308 g/mol. The maximum absolute atomic E-state index is 12.0. The topological polar surface area (TPSA) is 72.2 Å². The first-order valence-corrected chi connectivity index (χ1v) is 7.97. The van der Waals surface area contributed by atoms with Gasteiger partial charge in [0.25, 0.3) is 0 Å². The first kappa shape index (κ1) is 14.7. The van der Waals surface area contributed by atoms with Crippen molar-refractivity contribution in [3.05, 3.63) is 11.5 Å². The molecule has 0 radical (unpaired) electrons. The van der Waals surface area contributed by atoms with Crippen molar-refractivity contribution in [2.75, 3.05) is 11.9 Å². The standard InChI is InChI=1S/C10H17BrN2O3S/c1-7(4-5-11)6-12-17(14,15)10-8(2)13-16-9(10)3/h7,12H,4-6H2,1-3H3. The van der Waals surface area contributed by atoms with Gasteiger partial charge in [-0.2, -0.15) is 0 Å². The minimum absolute atomic E-state index is 0.156. The number of sulfonamides is 1. The highest BCUT2D eigenvalue weighted by molar-refractivity contribution is 9.09. The Morgan fingerprint density at radius 3 is 2.59 bits per heavy atom. The second kappa shape index (κ2) is 5.97. The highest BCUT2D eigenvalue weighted by atomic mass is 79.9. The molecule has 0 saturated carbocycles. The average molecular weight is 325 g/mol. The molecule has 98 valence electrons. The summed E-state index contributed by atoms with van der Waals surface area (Å²) in [5.41, 5.74) is 0.392. The highest BCUT2D eigenvalue weighted by Gasteiger charge is 2.24. The van der Waals surface area contributed by atoms with Crippen LogP contribution in [0.1, 0.15) is 24.8 Å². The van der Waals surface area contributed by atoms with E-state index < -0.39 is 10.0 Å². The maximum atomic E-state index is 12.0. The van der Waals surface area contributed by atoms with Crippen LogP contribution < -0.4 is 4.72 Å². The van der Waals surface area contributed by atoms with E-state index in [1.54, 1.807) is 13.8 Å². The van der Waals surface area contributed by atoms with E-state index in [0.717, 1.165) is 11.8 Å². The summed E-state index contributed by atoms with van der Waals surface area (Å²) in [4.78, 5) is 0.156. The molecule has 1 atom stereocenters. The SMILES string of the molecule is Cc1noc(C)c1S(=O)(=O)NCC(C)CCBr. The minimum atomic E-state index is -3.51. The number of aromatic nitrogens is 1. The third-order valence-electron chi connectivity index (χ3n) is 2.46. The maximum Gasteiger partial charge on any atom is 0.245 e. The minimum Gasteiger partial charge on any atom is -0.360 e. The molecule has 5 nitrogen and oxygen atoms in total. The van der Waals surface area contributed by atoms with Gasteiger partial charge in [0.1, 0.15) is 10.6 Å². The average Bonchev–Trinajstić information content (AvgIpc) is 2.57. The predicted molar refractivity (Wildman–Crippen MR) is 68.7 cm³/mol. The monoisotopic (exact) mass is 324 g/mol. The number of alkyl halides is 1. The Hall–Kier alpha value is -0.400. The van der Waals surface area contributed by atoms with E-state index in [0.29, 0.717) is 18.0 Å². The summed E-state index contributed by atoms with van der Waals surface area (Å²) in [6, 6.07) is 0. The number of nitrogens with one attached hydrogen (secondary N) is 1. The molecule has 7 heteroatoms. The van der Waals surface area contributed by atoms with Crippen molar-refractivity contribution in [3.63, 3.8) is 0 Å². The van der Waals surface area contributed by atoms with Crippen LogP contribution in [0.15, 0.2) is 9.42 Å². The molecular formula is C10H17BrN2O3S. The van der Waals surface area contributed by atoms with Gasteiger partial charge in [-0.3, -0.25) is 0 Å². The van der Waals surface area contributed by atoms with Gasteiger partial charge in [0.2, 0.25) is 10.0 Å². The van der Waals surface area contributed by atoms with Crippen LogP contribution in [0.25, 0.3) is 0 Å². The first-order chi connectivity index (χ1) is 7.88. The Balaban J connectivity index is 2.76. The third kappa shape index (κ3) is 3.79. The summed E-state index contributed by atoms with van der Waals surface area (Å²) in [5.74, 6) is 0.604. The molecule has 0 spiro atoms. The summed E-state index contributed by atoms with van der Waals surface area (Å²) in [7, 11) is -3.51. The van der Waals surface area contributed by atoms with E-state index >= 15 is 0 Å². The van der Waals surface area contributed by atoms with Gasteiger partial charge in [-0.05, 0) is 26.2 Å². The molecule has 0 aromatic carbocycles. The zero-order valence-electron chi connectivity index (χ0n) is 10.2. The second-order valence-electron chi connectivity index (χ2n) is 4.09. The molecule has 0 saturated heterocycles. The second-order valence-corrected chi connectivity index (χ2v) is 6.58. The summed E-state index contributed by atoms with van der Waals surface area (Å²) < 4.78 is 31.5. The van der Waals surface area contributed by atoms with Gasteiger partial charge in [0.15, 0.2) is 5.76 Å². The molecule has 0 aliphatic heterocycles. The Bertz CT molecular complexity index is 450. The van der Waals surface area contributed by atoms with Gasteiger partial charge >= 0.3 is 0 Å². The number of nitrogens with zero attached hydrogens (tertiary/aromatic N) is 1. The van der Waals surface area contributed by atoms with Crippen molar-refractivity contribution in [2.45, 2.75) is 32.1 Å². The molecule has 1 unspecified atom stereocenters. The molecule has 1 aromatic rings. The largest absolute Gasteiger partial charge is 0.360 e. The lowest BCUT2D eigenvalue weighted by Gasteiger charge is -2.11. The Labute approximate surface area is 110 Å². The molecule has 1 heterocycles. The molecule has 1 aromatic heterocycles. The fourth-order valence-electron chi connectivity index (χ4n) is 1.47. The number of aryl methyl sites for hydroxylation is 2. The van der Waals surface area contributed by atoms with Crippen molar-refractivity contribution in [2.24, 2.45) is 5.92 Å². The Kier molecular flexibility index (Phi) is 5.15. The highest BCUT2D eigenvalue weighted by Crippen LogP contribution is 2.18. The summed E-state index contributed by atoms with van der Waals surface area (Å²) in [6.07, 6.45) is 0.921. The molecule has 0 fully saturated rings. The van der Waals surface area contributed by atoms with Crippen molar-refractivity contribution < 1.29 is 12.9 Å². The van der Waals surface area contributed by atoms with Crippen molar-refractivity contribution in [1.29, 1.82) is 0 Å². The van der Waals surface area contributed by atoms with E-state index in [1.165, 1.54) is 0 Å². The van der Waals surface area contributed by atoms with Crippen molar-refractivity contribution in [1.82, 2.24) is 9.88 Å². The molecule has 17 heavy (non-hydrogen) atoms. The Morgan fingerprint density at radius 1 is 1.47 bits per heavy atom. The predicted octanol–water partition coefficient (Wildman–Crippen LogP) is 1.99. The lowest BCUT2D eigenvalue weighted by atomic mass is 10.1. The molecule has 0 aliphatic rings. The smallest absolute Gasteiger partial charge is 0.245 e. The van der Waals surface area contributed by atoms with Crippen LogP contribution in [0.5, 0.6) is 0 Å². The third-order valence-corrected chi connectivity index (χ3v) is 4.59. The van der Waals surface area contributed by atoms with Gasteiger partial charge in [0.05, 0.1) is 0 Å². The Morgan fingerprint density at radius 2 is 2.12 bits per heavy atom. The quantitative estimate of drug-likeness (QED) is 0.812. The van der Waals surface area contributed by atoms with Crippen molar-refractivity contribution in [3.8, 4) is 0 Å². The van der Waals surface area contributed by atoms with Crippen LogP contribution >= 0.6 is 15.9 Å². The van der Waals surface area contributed by atoms with Gasteiger partial charge in [-0.15, -0.1) is 0 Å². The fourth-order valence-corrected chi connectivity index (χ4v) is 3.74. The van der Waals surface area contributed by atoms with E-state index in [9.17, 15) is 8.42 Å². The summed E-state index contributed by atoms with van der Waals surface area (Å²) in [5, 5.41) is 4.51. The number of hydrogen-bond acceptors (Lipinski definition) is 4. The number of hydrogen-bond donors (Lipinski definition) is 1. The summed E-state index contributed by atoms with van der Waals surface area (Å²) in [6.45, 7) is 5.62. The van der Waals surface area contributed by atoms with Crippen LogP contribution in [0, 0.1) is 19.8 Å². The zero-order valence-corrected chi connectivity index (χ0v) is 12.6. The lowest BCUT2D eigenvalue weighted by Crippen LogP contribution is -2.29. The van der Waals surface area contributed by atoms with Crippen LogP contribution in [0.4, 0.5) is 0 Å². The zero-order chi connectivity index (χ0) is 13.1. The molecule has 1 N–H and O–H groups in total. The van der Waals surface area contributed by atoms with Gasteiger partial charge in [-0.25, -0.2) is 13.1 Å². The van der Waals surface area contributed by atoms with Crippen LogP contribution in [0.2, 0.25) is 0 Å². The molecule has 0 aliphatic carbocycles. The van der Waals surface area contributed by atoms with Crippen molar-refractivity contribution >= 4 is 26.0 Å². The van der Waals surface area contributed by atoms with Gasteiger partial charge < -0.3 is 4.52 Å². The van der Waals surface area contributed by atoms with E-state index in [-0.39, 0.29) is 10.8 Å². The normalized spacial score (nSPS) is 13.9. The van der Waals surface area contributed by atoms with E-state index in [4.69, 9.17) is 4.52 Å². The van der Waals surface area contributed by atoms with Gasteiger partial charge in [-0.1, -0.05) is 28.0 Å². The van der Waals surface area contributed by atoms with Gasteiger partial charge in [0, 0.05) is 11.9 Å². The van der Waals surface area contributed by atoms with Crippen LogP contribution in [-0.2, 0) is 10.0 Å². The van der Waals surface area contributed by atoms with Crippen LogP contribution in [0.3, 0.4) is 0 Å². The number of halogens is 1. The number of rotatable bonds is 6. The molecule has 0 amide bonds. The van der Waals surface area contributed by atoms with Crippen LogP contribution in [-0.4, -0.2) is 25.4 Å². The first-order valence-electron chi connectivity index (χ1n) is 5.37. The lowest BCUT2D eigenvalue weighted by molar-refractivity contribution is 0.390.